The van der Waals surface area contributed by atoms with E-state index in [0.717, 1.165) is 45.6 Å². The van der Waals surface area contributed by atoms with E-state index in [4.69, 9.17) is 5.11 Å². The molecule has 0 radical (unpaired) electrons. The first-order chi connectivity index (χ1) is 9.56. The zero-order valence-corrected chi connectivity index (χ0v) is 11.8. The number of β-amino-alcohol motifs (C(OH)–C–C–N with tert-alkyl or cyclic N) is 1. The molecule has 2 saturated heterocycles. The number of hydrogen-bond donors (Lipinski definition) is 6. The smallest absolute Gasteiger partial charge is 0.109 e. The van der Waals surface area contributed by atoms with Crippen LogP contribution in [-0.4, -0.2) is 95.1 Å². The summed E-state index contributed by atoms with van der Waals surface area (Å²) < 4.78 is 0. The monoisotopic (exact) mass is 289 g/mol. The Balaban J connectivity index is 1.76. The molecule has 7 nitrogen and oxygen atoms in total. The minimum absolute atomic E-state index is 0.170. The topological polar surface area (TPSA) is 108 Å². The van der Waals surface area contributed by atoms with Gasteiger partial charge in [0.15, 0.2) is 0 Å². The number of rotatable bonds is 5. The van der Waals surface area contributed by atoms with E-state index in [2.05, 4.69) is 15.5 Å². The minimum atomic E-state index is -1.30. The Morgan fingerprint density at radius 1 is 1.05 bits per heavy atom. The quantitative estimate of drug-likeness (QED) is 0.322. The van der Waals surface area contributed by atoms with E-state index in [1.54, 1.807) is 0 Å². The van der Waals surface area contributed by atoms with Crippen molar-refractivity contribution in [2.75, 3.05) is 45.9 Å². The van der Waals surface area contributed by atoms with E-state index >= 15 is 0 Å². The van der Waals surface area contributed by atoms with Gasteiger partial charge in [-0.2, -0.15) is 0 Å². The van der Waals surface area contributed by atoms with E-state index < -0.39 is 24.9 Å². The van der Waals surface area contributed by atoms with Gasteiger partial charge in [0.05, 0.1) is 12.7 Å². The van der Waals surface area contributed by atoms with E-state index in [9.17, 15) is 15.3 Å². The maximum absolute atomic E-state index is 9.88. The highest BCUT2D eigenvalue weighted by Crippen LogP contribution is 2.23. The van der Waals surface area contributed by atoms with Gasteiger partial charge in [-0.25, -0.2) is 0 Å². The standard InChI is InChI=1S/C13H27N3O4/c17-8-11(19)12(20)10(18)7-16-5-1-13(2-6-16)9-14-3-4-15-13/h10-12,14-15,17-20H,1-9H2/t10-,11+,12-/m0/s1. The Bertz CT molecular complexity index is 289. The van der Waals surface area contributed by atoms with Crippen LogP contribution < -0.4 is 10.6 Å². The van der Waals surface area contributed by atoms with E-state index in [0.29, 0.717) is 6.54 Å². The number of piperidine rings is 1. The van der Waals surface area contributed by atoms with Gasteiger partial charge in [0, 0.05) is 44.8 Å². The summed E-state index contributed by atoms with van der Waals surface area (Å²) in [5.41, 5.74) is 0.170. The summed E-state index contributed by atoms with van der Waals surface area (Å²) >= 11 is 0. The molecular weight excluding hydrogens is 262 g/mol. The second-order valence-electron chi connectivity index (χ2n) is 5.99. The molecule has 6 N–H and O–H groups in total. The molecule has 0 amide bonds. The molecule has 2 heterocycles. The predicted molar refractivity (Wildman–Crippen MR) is 74.4 cm³/mol. The van der Waals surface area contributed by atoms with Crippen LogP contribution in [0.3, 0.4) is 0 Å². The van der Waals surface area contributed by atoms with Gasteiger partial charge in [0.25, 0.3) is 0 Å². The number of piperazine rings is 1. The van der Waals surface area contributed by atoms with Gasteiger partial charge in [0.1, 0.15) is 12.2 Å². The lowest BCUT2D eigenvalue weighted by Crippen LogP contribution is -2.63. The Hall–Kier alpha value is -0.280. The van der Waals surface area contributed by atoms with Crippen LogP contribution >= 0.6 is 0 Å². The van der Waals surface area contributed by atoms with Crippen molar-refractivity contribution >= 4 is 0 Å². The van der Waals surface area contributed by atoms with Crippen LogP contribution in [0.4, 0.5) is 0 Å². The van der Waals surface area contributed by atoms with Gasteiger partial charge in [-0.15, -0.1) is 0 Å². The highest BCUT2D eigenvalue weighted by atomic mass is 16.4. The maximum Gasteiger partial charge on any atom is 0.109 e. The molecule has 0 aromatic rings. The van der Waals surface area contributed by atoms with Gasteiger partial charge in [-0.3, -0.25) is 0 Å². The lowest BCUT2D eigenvalue weighted by atomic mass is 9.86. The fourth-order valence-corrected chi connectivity index (χ4v) is 3.06. The van der Waals surface area contributed by atoms with Crippen LogP contribution in [0.5, 0.6) is 0 Å². The highest BCUT2D eigenvalue weighted by Gasteiger charge is 2.36. The minimum Gasteiger partial charge on any atom is -0.394 e. The number of aliphatic hydroxyl groups is 4. The Morgan fingerprint density at radius 2 is 1.75 bits per heavy atom. The fourth-order valence-electron chi connectivity index (χ4n) is 3.06. The molecule has 2 aliphatic heterocycles. The lowest BCUT2D eigenvalue weighted by molar-refractivity contribution is -0.0864. The zero-order valence-electron chi connectivity index (χ0n) is 11.8. The average Bonchev–Trinajstić information content (AvgIpc) is 2.49. The van der Waals surface area contributed by atoms with Crippen LogP contribution in [0.2, 0.25) is 0 Å². The molecule has 2 fully saturated rings. The van der Waals surface area contributed by atoms with Crippen molar-refractivity contribution in [3.05, 3.63) is 0 Å². The molecule has 118 valence electrons. The fraction of sp³-hybridized carbons (Fsp3) is 1.00. The summed E-state index contributed by atoms with van der Waals surface area (Å²) in [4.78, 5) is 2.10. The molecule has 0 aliphatic carbocycles. The molecule has 20 heavy (non-hydrogen) atoms. The molecule has 0 unspecified atom stereocenters. The van der Waals surface area contributed by atoms with E-state index in [1.165, 1.54) is 0 Å². The van der Waals surface area contributed by atoms with Crippen molar-refractivity contribution < 1.29 is 20.4 Å². The molecule has 0 aromatic carbocycles. The molecule has 0 aromatic heterocycles. The number of likely N-dealkylation sites (tertiary alicyclic amines) is 1. The van der Waals surface area contributed by atoms with Crippen molar-refractivity contribution in [3.63, 3.8) is 0 Å². The lowest BCUT2D eigenvalue weighted by Gasteiger charge is -2.45. The third kappa shape index (κ3) is 3.88. The molecular formula is C13H27N3O4. The summed E-state index contributed by atoms with van der Waals surface area (Å²) in [6, 6.07) is 0. The van der Waals surface area contributed by atoms with Crippen LogP contribution in [0.25, 0.3) is 0 Å². The van der Waals surface area contributed by atoms with Gasteiger partial charge >= 0.3 is 0 Å². The number of hydrogen-bond acceptors (Lipinski definition) is 7. The van der Waals surface area contributed by atoms with Crippen molar-refractivity contribution in [1.82, 2.24) is 15.5 Å². The maximum atomic E-state index is 9.88. The molecule has 7 heteroatoms. The largest absolute Gasteiger partial charge is 0.394 e. The summed E-state index contributed by atoms with van der Waals surface area (Å²) in [6.07, 6.45) is -1.61. The van der Waals surface area contributed by atoms with Crippen LogP contribution in [0.1, 0.15) is 12.8 Å². The van der Waals surface area contributed by atoms with Gasteiger partial charge in [-0.05, 0) is 12.8 Å². The van der Waals surface area contributed by atoms with Crippen molar-refractivity contribution in [2.24, 2.45) is 0 Å². The van der Waals surface area contributed by atoms with E-state index in [1.807, 2.05) is 0 Å². The highest BCUT2D eigenvalue weighted by molar-refractivity contribution is 4.98. The Kier molecular flexibility index (Phi) is 5.74. The summed E-state index contributed by atoms with van der Waals surface area (Å²) in [7, 11) is 0. The van der Waals surface area contributed by atoms with Gasteiger partial charge < -0.3 is 36.0 Å². The third-order valence-electron chi connectivity index (χ3n) is 4.50. The number of aliphatic hydroxyl groups excluding tert-OH is 4. The second kappa shape index (κ2) is 7.13. The molecule has 0 saturated carbocycles. The van der Waals surface area contributed by atoms with Crippen LogP contribution in [-0.2, 0) is 0 Å². The van der Waals surface area contributed by atoms with Crippen molar-refractivity contribution in [1.29, 1.82) is 0 Å². The second-order valence-corrected chi connectivity index (χ2v) is 5.99. The molecule has 3 atom stereocenters. The summed E-state index contributed by atoms with van der Waals surface area (Å²) in [6.45, 7) is 4.47. The first-order valence-electron chi connectivity index (χ1n) is 7.39. The van der Waals surface area contributed by atoms with E-state index in [-0.39, 0.29) is 5.54 Å². The first kappa shape index (κ1) is 16.1. The number of nitrogens with one attached hydrogen (secondary N) is 2. The third-order valence-corrected chi connectivity index (χ3v) is 4.50. The summed E-state index contributed by atoms with van der Waals surface area (Å²) in [5.74, 6) is 0. The average molecular weight is 289 g/mol. The first-order valence-corrected chi connectivity index (χ1v) is 7.39. The summed E-state index contributed by atoms with van der Waals surface area (Å²) in [5, 5.41) is 44.6. The number of nitrogens with zero attached hydrogens (tertiary/aromatic N) is 1. The Morgan fingerprint density at radius 3 is 2.30 bits per heavy atom. The zero-order chi connectivity index (χ0) is 14.6. The normalized spacial score (nSPS) is 28.2. The Labute approximate surface area is 119 Å². The van der Waals surface area contributed by atoms with Gasteiger partial charge in [0.2, 0.25) is 0 Å². The molecule has 1 spiro atoms. The van der Waals surface area contributed by atoms with Crippen molar-refractivity contribution in [3.8, 4) is 0 Å². The SMILES string of the molecule is OC[C@@H](O)[C@@H](O)[C@@H](O)CN1CCC2(CC1)CNCCN2. The van der Waals surface area contributed by atoms with Gasteiger partial charge in [-0.1, -0.05) is 0 Å². The van der Waals surface area contributed by atoms with Crippen LogP contribution in [0.15, 0.2) is 0 Å². The molecule has 0 bridgehead atoms. The molecule has 2 rings (SSSR count). The predicted octanol–water partition coefficient (Wildman–Crippen LogP) is -2.91. The van der Waals surface area contributed by atoms with Crippen molar-refractivity contribution in [2.45, 2.75) is 36.7 Å². The molecule has 2 aliphatic rings. The van der Waals surface area contributed by atoms with Crippen LogP contribution in [0, 0.1) is 0 Å².